The molecule has 202 valence electrons. The van der Waals surface area contributed by atoms with Crippen molar-refractivity contribution in [3.05, 3.63) is 35.9 Å². The van der Waals surface area contributed by atoms with Gasteiger partial charge < -0.3 is 20.2 Å². The number of carboxylic acids is 1. The van der Waals surface area contributed by atoms with Crippen LogP contribution in [-0.4, -0.2) is 96.9 Å². The largest absolute Gasteiger partial charge is 0.480 e. The van der Waals surface area contributed by atoms with Gasteiger partial charge in [-0.1, -0.05) is 65.0 Å². The van der Waals surface area contributed by atoms with Gasteiger partial charge >= 0.3 is 5.97 Å². The summed E-state index contributed by atoms with van der Waals surface area (Å²) < 4.78 is 0. The average molecular weight is 505 g/mol. The van der Waals surface area contributed by atoms with Gasteiger partial charge in [0.15, 0.2) is 0 Å². The van der Waals surface area contributed by atoms with Crippen LogP contribution >= 0.6 is 0 Å². The number of aliphatic carboxylic acids is 1. The Morgan fingerprint density at radius 3 is 2.06 bits per heavy atom. The molecule has 0 unspecified atom stereocenters. The van der Waals surface area contributed by atoms with Gasteiger partial charge in [-0.05, 0) is 24.9 Å². The molecule has 1 aromatic carbocycles. The number of benzene rings is 1. The topological polar surface area (TPSA) is 110 Å². The van der Waals surface area contributed by atoms with Crippen molar-refractivity contribution in [3.63, 3.8) is 0 Å². The lowest BCUT2D eigenvalue weighted by Crippen LogP contribution is -2.52. The summed E-state index contributed by atoms with van der Waals surface area (Å²) >= 11 is 0. The van der Waals surface area contributed by atoms with E-state index < -0.39 is 11.4 Å². The number of likely N-dealkylation sites (N-methyl/N-ethyl adjacent to an activating group) is 3. The molecular weight excluding hydrogens is 460 g/mol. The molecule has 36 heavy (non-hydrogen) atoms. The molecule has 9 nitrogen and oxygen atoms in total. The molecule has 2 atom stereocenters. The van der Waals surface area contributed by atoms with Crippen LogP contribution in [0.1, 0.15) is 46.6 Å². The van der Waals surface area contributed by atoms with E-state index in [2.05, 4.69) is 5.32 Å². The van der Waals surface area contributed by atoms with E-state index in [-0.39, 0.29) is 55.2 Å². The number of carbonyl (C=O) groups excluding carboxylic acids is 3. The Kier molecular flexibility index (Phi) is 12.1. The summed E-state index contributed by atoms with van der Waals surface area (Å²) in [7, 11) is 4.92. The maximum Gasteiger partial charge on any atom is 0.323 e. The van der Waals surface area contributed by atoms with Crippen LogP contribution in [0.5, 0.6) is 0 Å². The van der Waals surface area contributed by atoms with Crippen molar-refractivity contribution in [1.82, 2.24) is 20.0 Å². The Balaban J connectivity index is 2.77. The number of carboxylic acid groups (broad SMARTS) is 1. The first-order valence-corrected chi connectivity index (χ1v) is 12.4. The smallest absolute Gasteiger partial charge is 0.323 e. The molecule has 0 radical (unpaired) electrons. The number of hydrogen-bond donors (Lipinski definition) is 2. The van der Waals surface area contributed by atoms with E-state index in [1.165, 1.54) is 7.05 Å². The van der Waals surface area contributed by atoms with Gasteiger partial charge in [0.1, 0.15) is 6.54 Å². The van der Waals surface area contributed by atoms with E-state index in [1.54, 1.807) is 23.9 Å². The Labute approximate surface area is 215 Å². The Hall–Kier alpha value is -2.94. The van der Waals surface area contributed by atoms with Gasteiger partial charge in [-0.15, -0.1) is 0 Å². The molecule has 9 heteroatoms. The fraction of sp³-hybridized carbons (Fsp3) is 0.630. The van der Waals surface area contributed by atoms with Crippen LogP contribution in [0, 0.1) is 11.8 Å². The Morgan fingerprint density at radius 2 is 1.56 bits per heavy atom. The number of rotatable bonds is 14. The van der Waals surface area contributed by atoms with Crippen LogP contribution in [0.4, 0.5) is 0 Å². The lowest BCUT2D eigenvalue weighted by Gasteiger charge is -2.35. The molecule has 0 spiro atoms. The number of nitrogens with one attached hydrogen (secondary N) is 1. The van der Waals surface area contributed by atoms with Crippen LogP contribution in [0.25, 0.3) is 0 Å². The molecule has 0 heterocycles. The molecule has 3 amide bonds. The van der Waals surface area contributed by atoms with Crippen LogP contribution < -0.4 is 5.32 Å². The van der Waals surface area contributed by atoms with E-state index in [0.717, 1.165) is 10.5 Å². The zero-order valence-electron chi connectivity index (χ0n) is 23.1. The summed E-state index contributed by atoms with van der Waals surface area (Å²) in [6.45, 7) is 10.1. The molecule has 2 N–H and O–H groups in total. The van der Waals surface area contributed by atoms with Crippen molar-refractivity contribution in [2.24, 2.45) is 11.8 Å². The first-order chi connectivity index (χ1) is 16.7. The summed E-state index contributed by atoms with van der Waals surface area (Å²) in [6, 6.07) is 9.70. The first-order valence-electron chi connectivity index (χ1n) is 12.4. The van der Waals surface area contributed by atoms with Crippen molar-refractivity contribution in [3.8, 4) is 0 Å². The van der Waals surface area contributed by atoms with E-state index >= 15 is 0 Å². The third-order valence-electron chi connectivity index (χ3n) is 6.89. The molecule has 0 aliphatic rings. The predicted molar refractivity (Wildman–Crippen MR) is 140 cm³/mol. The number of carbonyl (C=O) groups is 4. The summed E-state index contributed by atoms with van der Waals surface area (Å²) in [5.74, 6) is -1.94. The third kappa shape index (κ3) is 8.93. The molecule has 0 saturated carbocycles. The summed E-state index contributed by atoms with van der Waals surface area (Å²) in [4.78, 5) is 53.8. The fourth-order valence-corrected chi connectivity index (χ4v) is 4.49. The van der Waals surface area contributed by atoms with Gasteiger partial charge in [0.05, 0.1) is 13.1 Å². The predicted octanol–water partition coefficient (Wildman–Crippen LogP) is 2.06. The zero-order valence-corrected chi connectivity index (χ0v) is 23.1. The molecule has 1 aromatic rings. The van der Waals surface area contributed by atoms with Gasteiger partial charge in [0.25, 0.3) is 0 Å². The molecule has 0 bridgehead atoms. The van der Waals surface area contributed by atoms with Crippen molar-refractivity contribution in [2.45, 2.75) is 52.5 Å². The number of amides is 3. The Morgan fingerprint density at radius 1 is 0.972 bits per heavy atom. The average Bonchev–Trinajstić information content (AvgIpc) is 2.80. The highest BCUT2D eigenvalue weighted by Gasteiger charge is 2.35. The summed E-state index contributed by atoms with van der Waals surface area (Å²) in [5, 5.41) is 11.7. The highest BCUT2D eigenvalue weighted by molar-refractivity contribution is 5.86. The first kappa shape index (κ1) is 31.1. The fourth-order valence-electron chi connectivity index (χ4n) is 4.49. The second kappa shape index (κ2) is 14.0. The second-order valence-electron chi connectivity index (χ2n) is 10.4. The molecule has 0 aliphatic heterocycles. The molecule has 1 rings (SSSR count). The van der Waals surface area contributed by atoms with Crippen molar-refractivity contribution in [2.75, 3.05) is 47.3 Å². The molecule has 0 aromatic heterocycles. The van der Waals surface area contributed by atoms with Crippen molar-refractivity contribution < 1.29 is 24.3 Å². The van der Waals surface area contributed by atoms with Gasteiger partial charge in [-0.25, -0.2) is 0 Å². The lowest BCUT2D eigenvalue weighted by atomic mass is 9.71. The maximum atomic E-state index is 13.1. The molecule has 0 aliphatic carbocycles. The van der Waals surface area contributed by atoms with E-state index in [4.69, 9.17) is 5.11 Å². The lowest BCUT2D eigenvalue weighted by molar-refractivity contribution is -0.144. The molecule has 0 saturated heterocycles. The molecule has 0 fully saturated rings. The highest BCUT2D eigenvalue weighted by Crippen LogP contribution is 2.33. The van der Waals surface area contributed by atoms with Crippen LogP contribution in [-0.2, 0) is 24.6 Å². The second-order valence-corrected chi connectivity index (χ2v) is 10.4. The van der Waals surface area contributed by atoms with E-state index in [1.807, 2.05) is 65.0 Å². The van der Waals surface area contributed by atoms with Gasteiger partial charge in [0, 0.05) is 38.0 Å². The monoisotopic (exact) mass is 504 g/mol. The van der Waals surface area contributed by atoms with Gasteiger partial charge in [-0.3, -0.25) is 24.1 Å². The standard InChI is InChI=1S/C27H44N4O5/c1-9-21(27(4,5)20-13-11-10-12-14-20)26(36)28-15-23(32)31(8)22(19(2)3)16-29(6)17-24(33)30(7)18-25(34)35/h10-14,19,21-22H,9,15-18H2,1-8H3,(H,28,36)(H,34,35)/t21-,22-/m1/s1. The van der Waals surface area contributed by atoms with Gasteiger partial charge in [0.2, 0.25) is 17.7 Å². The Bertz CT molecular complexity index is 887. The van der Waals surface area contributed by atoms with Crippen LogP contribution in [0.15, 0.2) is 30.3 Å². The van der Waals surface area contributed by atoms with E-state index in [0.29, 0.717) is 13.0 Å². The normalized spacial score (nSPS) is 13.3. The summed E-state index contributed by atoms with van der Waals surface area (Å²) in [5.41, 5.74) is 0.681. The zero-order chi connectivity index (χ0) is 27.6. The minimum Gasteiger partial charge on any atom is -0.480 e. The number of nitrogens with zero attached hydrogens (tertiary/aromatic N) is 3. The quantitative estimate of drug-likeness (QED) is 0.401. The SMILES string of the molecule is CC[C@H](C(=O)NCC(=O)N(C)[C@H](CN(C)CC(=O)N(C)CC(=O)O)C(C)C)C(C)(C)c1ccccc1. The third-order valence-corrected chi connectivity index (χ3v) is 6.89. The minimum absolute atomic E-state index is 0.0402. The highest BCUT2D eigenvalue weighted by atomic mass is 16.4. The van der Waals surface area contributed by atoms with Gasteiger partial charge in [-0.2, -0.15) is 0 Å². The number of hydrogen-bond acceptors (Lipinski definition) is 5. The molecular formula is C27H44N4O5. The van der Waals surface area contributed by atoms with Crippen LogP contribution in [0.2, 0.25) is 0 Å². The van der Waals surface area contributed by atoms with Crippen molar-refractivity contribution in [1.29, 1.82) is 0 Å². The maximum absolute atomic E-state index is 13.1. The minimum atomic E-state index is -1.07. The van der Waals surface area contributed by atoms with Crippen molar-refractivity contribution >= 4 is 23.7 Å². The summed E-state index contributed by atoms with van der Waals surface area (Å²) in [6.07, 6.45) is 0.640. The van der Waals surface area contributed by atoms with E-state index in [9.17, 15) is 19.2 Å². The van der Waals surface area contributed by atoms with Crippen LogP contribution in [0.3, 0.4) is 0 Å².